The molecule has 0 aliphatic carbocycles. The van der Waals surface area contributed by atoms with E-state index in [1.54, 1.807) is 14.2 Å². The monoisotopic (exact) mass is 263 g/mol. The molecule has 2 aromatic rings. The molecule has 2 rings (SSSR count). The van der Waals surface area contributed by atoms with E-state index in [1.807, 2.05) is 18.2 Å². The molecule has 1 aromatic carbocycles. The molecule has 0 amide bonds. The van der Waals surface area contributed by atoms with Crippen LogP contribution in [0.3, 0.4) is 0 Å². The number of hydrogen-bond acceptors (Lipinski definition) is 6. The van der Waals surface area contributed by atoms with Crippen LogP contribution in [0.25, 0.3) is 0 Å². The lowest BCUT2D eigenvalue weighted by Crippen LogP contribution is -2.02. The summed E-state index contributed by atoms with van der Waals surface area (Å²) < 4.78 is 15.9. The van der Waals surface area contributed by atoms with Crippen molar-refractivity contribution in [2.75, 3.05) is 20.8 Å². The molecule has 6 heteroatoms. The van der Waals surface area contributed by atoms with E-state index >= 15 is 0 Å². The van der Waals surface area contributed by atoms with Gasteiger partial charge in [0.05, 0.1) is 20.6 Å². The molecule has 19 heavy (non-hydrogen) atoms. The minimum atomic E-state index is 0.498. The van der Waals surface area contributed by atoms with Gasteiger partial charge in [-0.25, -0.2) is 0 Å². The third-order valence-corrected chi connectivity index (χ3v) is 2.67. The lowest BCUT2D eigenvalue weighted by Gasteiger charge is -2.08. The van der Waals surface area contributed by atoms with Crippen molar-refractivity contribution in [3.05, 3.63) is 35.5 Å². The van der Waals surface area contributed by atoms with Gasteiger partial charge in [0.1, 0.15) is 0 Å². The summed E-state index contributed by atoms with van der Waals surface area (Å²) in [4.78, 5) is 0. The zero-order valence-corrected chi connectivity index (χ0v) is 11.0. The summed E-state index contributed by atoms with van der Waals surface area (Å²) in [5, 5.41) is 7.91. The van der Waals surface area contributed by atoms with E-state index < -0.39 is 0 Å². The van der Waals surface area contributed by atoms with Crippen LogP contribution in [0.1, 0.15) is 17.3 Å². The first-order valence-corrected chi connectivity index (χ1v) is 5.99. The fraction of sp³-hybridized carbons (Fsp3) is 0.385. The summed E-state index contributed by atoms with van der Waals surface area (Å²) in [5.41, 5.74) is 6.45. The molecule has 0 saturated heterocycles. The van der Waals surface area contributed by atoms with Crippen LogP contribution < -0.4 is 15.2 Å². The van der Waals surface area contributed by atoms with Crippen LogP contribution in [0.4, 0.5) is 0 Å². The molecule has 6 nitrogen and oxygen atoms in total. The highest BCUT2D eigenvalue weighted by Gasteiger charge is 2.09. The third-order valence-electron chi connectivity index (χ3n) is 2.67. The second-order valence-corrected chi connectivity index (χ2v) is 3.99. The summed E-state index contributed by atoms with van der Waals surface area (Å²) in [5.74, 6) is 2.51. The van der Waals surface area contributed by atoms with Gasteiger partial charge in [0, 0.05) is 13.0 Å². The van der Waals surface area contributed by atoms with E-state index in [9.17, 15) is 0 Å². The topological polar surface area (TPSA) is 83.4 Å². The fourth-order valence-electron chi connectivity index (χ4n) is 1.75. The summed E-state index contributed by atoms with van der Waals surface area (Å²) in [6.45, 7) is 0.498. The number of nitrogens with two attached hydrogens (primary N) is 1. The van der Waals surface area contributed by atoms with Gasteiger partial charge < -0.3 is 19.6 Å². The SMILES string of the molecule is COc1ccc(Cc2nnc(CCN)o2)cc1OC. The van der Waals surface area contributed by atoms with Gasteiger partial charge in [-0.15, -0.1) is 10.2 Å². The Morgan fingerprint density at radius 1 is 1.11 bits per heavy atom. The average molecular weight is 263 g/mol. The maximum Gasteiger partial charge on any atom is 0.220 e. The van der Waals surface area contributed by atoms with Crippen LogP contribution in [0.2, 0.25) is 0 Å². The fourth-order valence-corrected chi connectivity index (χ4v) is 1.75. The van der Waals surface area contributed by atoms with Gasteiger partial charge in [-0.3, -0.25) is 0 Å². The molecule has 102 valence electrons. The molecule has 0 bridgehead atoms. The van der Waals surface area contributed by atoms with Crippen molar-refractivity contribution in [1.29, 1.82) is 0 Å². The summed E-state index contributed by atoms with van der Waals surface area (Å²) in [6.07, 6.45) is 1.15. The van der Waals surface area contributed by atoms with Crippen molar-refractivity contribution >= 4 is 0 Å². The van der Waals surface area contributed by atoms with Gasteiger partial charge in [0.2, 0.25) is 11.8 Å². The van der Waals surface area contributed by atoms with Crippen LogP contribution in [-0.4, -0.2) is 31.0 Å². The van der Waals surface area contributed by atoms with Gasteiger partial charge in [-0.05, 0) is 17.7 Å². The molecule has 0 saturated carbocycles. The molecule has 0 atom stereocenters. The number of methoxy groups -OCH3 is 2. The number of hydrogen-bond donors (Lipinski definition) is 1. The van der Waals surface area contributed by atoms with Crippen LogP contribution in [-0.2, 0) is 12.8 Å². The van der Waals surface area contributed by atoms with Crippen molar-refractivity contribution in [1.82, 2.24) is 10.2 Å². The zero-order valence-electron chi connectivity index (χ0n) is 11.0. The number of nitrogens with zero attached hydrogens (tertiary/aromatic N) is 2. The Morgan fingerprint density at radius 2 is 1.84 bits per heavy atom. The predicted molar refractivity (Wildman–Crippen MR) is 69.4 cm³/mol. The second-order valence-electron chi connectivity index (χ2n) is 3.99. The highest BCUT2D eigenvalue weighted by molar-refractivity contribution is 5.43. The van der Waals surface area contributed by atoms with Crippen molar-refractivity contribution in [2.45, 2.75) is 12.8 Å². The number of benzene rings is 1. The molecule has 0 spiro atoms. The van der Waals surface area contributed by atoms with Crippen LogP contribution in [0.15, 0.2) is 22.6 Å². The standard InChI is InChI=1S/C13H17N3O3/c1-17-10-4-3-9(7-11(10)18-2)8-13-16-15-12(19-13)5-6-14/h3-4,7H,5-6,8,14H2,1-2H3. The average Bonchev–Trinajstić information content (AvgIpc) is 2.86. The molecule has 0 unspecified atom stereocenters. The van der Waals surface area contributed by atoms with Crippen LogP contribution >= 0.6 is 0 Å². The minimum Gasteiger partial charge on any atom is -0.493 e. The Kier molecular flexibility index (Phi) is 4.35. The summed E-state index contributed by atoms with van der Waals surface area (Å²) in [6, 6.07) is 5.69. The van der Waals surface area contributed by atoms with Crippen molar-refractivity contribution in [3.63, 3.8) is 0 Å². The molecular weight excluding hydrogens is 246 g/mol. The maximum absolute atomic E-state index is 5.48. The first-order valence-electron chi connectivity index (χ1n) is 5.99. The van der Waals surface area contributed by atoms with Crippen LogP contribution in [0.5, 0.6) is 11.5 Å². The normalized spacial score (nSPS) is 10.5. The first kappa shape index (κ1) is 13.4. The smallest absolute Gasteiger partial charge is 0.220 e. The van der Waals surface area contributed by atoms with Gasteiger partial charge in [0.15, 0.2) is 11.5 Å². The lowest BCUT2D eigenvalue weighted by atomic mass is 10.1. The van der Waals surface area contributed by atoms with E-state index in [0.717, 1.165) is 5.56 Å². The van der Waals surface area contributed by atoms with Crippen LogP contribution in [0, 0.1) is 0 Å². The molecule has 2 N–H and O–H groups in total. The summed E-state index contributed by atoms with van der Waals surface area (Å²) in [7, 11) is 3.21. The third kappa shape index (κ3) is 3.23. The van der Waals surface area contributed by atoms with E-state index in [-0.39, 0.29) is 0 Å². The Bertz CT molecular complexity index is 540. The van der Waals surface area contributed by atoms with E-state index in [4.69, 9.17) is 19.6 Å². The van der Waals surface area contributed by atoms with E-state index in [2.05, 4.69) is 10.2 Å². The van der Waals surface area contributed by atoms with Crippen molar-refractivity contribution < 1.29 is 13.9 Å². The van der Waals surface area contributed by atoms with Crippen molar-refractivity contribution in [2.24, 2.45) is 5.73 Å². The Balaban J connectivity index is 2.13. The Morgan fingerprint density at radius 3 is 2.53 bits per heavy atom. The number of ether oxygens (including phenoxy) is 2. The maximum atomic E-state index is 5.48. The lowest BCUT2D eigenvalue weighted by molar-refractivity contribution is 0.354. The first-order chi connectivity index (χ1) is 9.26. The molecule has 1 heterocycles. The van der Waals surface area contributed by atoms with Gasteiger partial charge in [-0.1, -0.05) is 6.07 Å². The van der Waals surface area contributed by atoms with E-state index in [1.165, 1.54) is 0 Å². The quantitative estimate of drug-likeness (QED) is 0.842. The Hall–Kier alpha value is -2.08. The highest BCUT2D eigenvalue weighted by atomic mass is 16.5. The van der Waals surface area contributed by atoms with Gasteiger partial charge in [0.25, 0.3) is 0 Å². The van der Waals surface area contributed by atoms with E-state index in [0.29, 0.717) is 42.7 Å². The highest BCUT2D eigenvalue weighted by Crippen LogP contribution is 2.28. The molecule has 0 aliphatic rings. The summed E-state index contributed by atoms with van der Waals surface area (Å²) >= 11 is 0. The van der Waals surface area contributed by atoms with Gasteiger partial charge >= 0.3 is 0 Å². The molecule has 1 aromatic heterocycles. The number of aromatic nitrogens is 2. The predicted octanol–water partition coefficient (Wildman–Crippen LogP) is 1.18. The molecule has 0 aliphatic heterocycles. The molecule has 0 fully saturated rings. The zero-order chi connectivity index (χ0) is 13.7. The minimum absolute atomic E-state index is 0.498. The molecular formula is C13H17N3O3. The molecule has 0 radical (unpaired) electrons. The second kappa shape index (κ2) is 6.19. The Labute approximate surface area is 111 Å². The van der Waals surface area contributed by atoms with Gasteiger partial charge in [-0.2, -0.15) is 0 Å². The largest absolute Gasteiger partial charge is 0.493 e. The van der Waals surface area contributed by atoms with Crippen molar-refractivity contribution in [3.8, 4) is 11.5 Å². The number of rotatable bonds is 6.